The van der Waals surface area contributed by atoms with Crippen LogP contribution in [0.2, 0.25) is 0 Å². The number of methoxy groups -OCH3 is 1. The number of rotatable bonds is 7. The van der Waals surface area contributed by atoms with Crippen molar-refractivity contribution in [1.82, 2.24) is 15.6 Å². The minimum Gasteiger partial charge on any atom is -0.481 e. The number of hydrogen-bond acceptors (Lipinski definition) is 4. The number of carbonyl (C=O) groups excluding carboxylic acids is 1. The van der Waals surface area contributed by atoms with Gasteiger partial charge in [0.1, 0.15) is 0 Å². The van der Waals surface area contributed by atoms with Crippen molar-refractivity contribution >= 4 is 12.0 Å². The van der Waals surface area contributed by atoms with Crippen LogP contribution in [0.5, 0.6) is 5.88 Å². The molecule has 0 aliphatic rings. The van der Waals surface area contributed by atoms with E-state index in [9.17, 15) is 9.59 Å². The van der Waals surface area contributed by atoms with Crippen molar-refractivity contribution in [3.63, 3.8) is 0 Å². The number of carboxylic acid groups (broad SMARTS) is 1. The lowest BCUT2D eigenvalue weighted by Gasteiger charge is -2.07. The Balaban J connectivity index is 2.24. The van der Waals surface area contributed by atoms with E-state index in [-0.39, 0.29) is 12.5 Å². The molecule has 19 heavy (non-hydrogen) atoms. The van der Waals surface area contributed by atoms with Crippen LogP contribution < -0.4 is 15.4 Å². The molecule has 0 aliphatic carbocycles. The molecule has 1 rings (SSSR count). The summed E-state index contributed by atoms with van der Waals surface area (Å²) < 4.78 is 4.97. The molecule has 7 heteroatoms. The molecule has 0 aliphatic heterocycles. The van der Waals surface area contributed by atoms with E-state index in [0.29, 0.717) is 25.4 Å². The Bertz CT molecular complexity index is 437. The van der Waals surface area contributed by atoms with Gasteiger partial charge in [0.15, 0.2) is 0 Å². The first kappa shape index (κ1) is 14.7. The van der Waals surface area contributed by atoms with Gasteiger partial charge in [-0.15, -0.1) is 0 Å². The largest absolute Gasteiger partial charge is 0.481 e. The van der Waals surface area contributed by atoms with Gasteiger partial charge in [-0.3, -0.25) is 4.79 Å². The molecule has 104 valence electrons. The molecule has 1 heterocycles. The fraction of sp³-hybridized carbons (Fsp3) is 0.417. The molecule has 0 aromatic carbocycles. The standard InChI is InChI=1S/C12H17N3O4/c1-19-10-7-9(4-6-13-10)8-15-12(18)14-5-2-3-11(16)17/h4,6-7H,2-3,5,8H2,1H3,(H,16,17)(H2,14,15,18). The zero-order chi connectivity index (χ0) is 14.1. The molecule has 2 amide bonds. The van der Waals surface area contributed by atoms with Crippen LogP contribution in [0.1, 0.15) is 18.4 Å². The van der Waals surface area contributed by atoms with Crippen LogP contribution in [-0.2, 0) is 11.3 Å². The third-order valence-corrected chi connectivity index (χ3v) is 2.31. The van der Waals surface area contributed by atoms with Gasteiger partial charge in [-0.1, -0.05) is 0 Å². The number of nitrogens with one attached hydrogen (secondary N) is 2. The number of ether oxygens (including phenoxy) is 1. The smallest absolute Gasteiger partial charge is 0.315 e. The molecular formula is C12H17N3O4. The third-order valence-electron chi connectivity index (χ3n) is 2.31. The second-order valence-electron chi connectivity index (χ2n) is 3.81. The number of urea groups is 1. The topological polar surface area (TPSA) is 101 Å². The molecule has 7 nitrogen and oxygen atoms in total. The lowest BCUT2D eigenvalue weighted by Crippen LogP contribution is -2.35. The van der Waals surface area contributed by atoms with Crippen molar-refractivity contribution in [2.24, 2.45) is 0 Å². The number of hydrogen-bond donors (Lipinski definition) is 3. The second kappa shape index (κ2) is 7.91. The Kier molecular flexibility index (Phi) is 6.14. The molecule has 3 N–H and O–H groups in total. The molecule has 1 aromatic heterocycles. The van der Waals surface area contributed by atoms with Crippen LogP contribution in [0, 0.1) is 0 Å². The number of aliphatic carboxylic acids is 1. The van der Waals surface area contributed by atoms with E-state index in [1.807, 2.05) is 0 Å². The van der Waals surface area contributed by atoms with Gasteiger partial charge >= 0.3 is 12.0 Å². The van der Waals surface area contributed by atoms with E-state index in [1.165, 1.54) is 7.11 Å². The van der Waals surface area contributed by atoms with Crippen molar-refractivity contribution in [2.75, 3.05) is 13.7 Å². The summed E-state index contributed by atoms with van der Waals surface area (Å²) in [4.78, 5) is 25.6. The minimum atomic E-state index is -0.869. The minimum absolute atomic E-state index is 0.0435. The highest BCUT2D eigenvalue weighted by Gasteiger charge is 2.02. The molecule has 0 spiro atoms. The summed E-state index contributed by atoms with van der Waals surface area (Å²) in [5.41, 5.74) is 0.868. The average Bonchev–Trinajstić information content (AvgIpc) is 2.41. The highest BCUT2D eigenvalue weighted by atomic mass is 16.5. The first-order valence-electron chi connectivity index (χ1n) is 5.84. The number of amides is 2. The maximum atomic E-state index is 11.4. The average molecular weight is 267 g/mol. The number of carboxylic acids is 1. The Labute approximate surface area is 111 Å². The van der Waals surface area contributed by atoms with E-state index in [4.69, 9.17) is 9.84 Å². The predicted octanol–water partition coefficient (Wildman–Crippen LogP) is 0.754. The number of carbonyl (C=O) groups is 2. The highest BCUT2D eigenvalue weighted by molar-refractivity contribution is 5.73. The Morgan fingerprint density at radius 2 is 2.21 bits per heavy atom. The lowest BCUT2D eigenvalue weighted by molar-refractivity contribution is -0.137. The SMILES string of the molecule is COc1cc(CNC(=O)NCCCC(=O)O)ccn1. The molecule has 0 atom stereocenters. The molecule has 0 radical (unpaired) electrons. The first-order chi connectivity index (χ1) is 9.11. The summed E-state index contributed by atoms with van der Waals surface area (Å²) in [5.74, 6) is -0.382. The van der Waals surface area contributed by atoms with Crippen molar-refractivity contribution in [3.05, 3.63) is 23.9 Å². The maximum Gasteiger partial charge on any atom is 0.315 e. The van der Waals surface area contributed by atoms with Gasteiger partial charge in [0.05, 0.1) is 7.11 Å². The van der Waals surface area contributed by atoms with Crippen molar-refractivity contribution < 1.29 is 19.4 Å². The van der Waals surface area contributed by atoms with Gasteiger partial charge < -0.3 is 20.5 Å². The van der Waals surface area contributed by atoms with Gasteiger partial charge in [-0.2, -0.15) is 0 Å². The first-order valence-corrected chi connectivity index (χ1v) is 5.84. The molecule has 1 aromatic rings. The van der Waals surface area contributed by atoms with E-state index in [0.717, 1.165) is 5.56 Å². The molecule has 0 saturated heterocycles. The maximum absolute atomic E-state index is 11.4. The molecule has 0 unspecified atom stereocenters. The zero-order valence-electron chi connectivity index (χ0n) is 10.7. The van der Waals surface area contributed by atoms with Gasteiger partial charge in [0.25, 0.3) is 0 Å². The summed E-state index contributed by atoms with van der Waals surface area (Å²) in [6.45, 7) is 0.682. The van der Waals surface area contributed by atoms with E-state index >= 15 is 0 Å². The van der Waals surface area contributed by atoms with Crippen LogP contribution in [0.4, 0.5) is 4.79 Å². The van der Waals surface area contributed by atoms with E-state index in [1.54, 1.807) is 18.3 Å². The molecule has 0 fully saturated rings. The molecular weight excluding hydrogens is 250 g/mol. The van der Waals surface area contributed by atoms with Crippen LogP contribution >= 0.6 is 0 Å². The van der Waals surface area contributed by atoms with Gasteiger partial charge in [0.2, 0.25) is 5.88 Å². The van der Waals surface area contributed by atoms with Gasteiger partial charge in [-0.05, 0) is 18.1 Å². The Morgan fingerprint density at radius 1 is 1.42 bits per heavy atom. The molecule has 0 bridgehead atoms. The quantitative estimate of drug-likeness (QED) is 0.633. The Hall–Kier alpha value is -2.31. The fourth-order valence-corrected chi connectivity index (χ4v) is 1.36. The normalized spacial score (nSPS) is 9.74. The summed E-state index contributed by atoms with van der Waals surface area (Å²) in [6.07, 6.45) is 2.05. The van der Waals surface area contributed by atoms with Crippen molar-refractivity contribution in [2.45, 2.75) is 19.4 Å². The third kappa shape index (κ3) is 6.25. The van der Waals surface area contributed by atoms with Crippen LogP contribution in [0.25, 0.3) is 0 Å². The van der Waals surface area contributed by atoms with Gasteiger partial charge in [0, 0.05) is 31.8 Å². The summed E-state index contributed by atoms with van der Waals surface area (Å²) >= 11 is 0. The van der Waals surface area contributed by atoms with E-state index < -0.39 is 5.97 Å². The highest BCUT2D eigenvalue weighted by Crippen LogP contribution is 2.07. The van der Waals surface area contributed by atoms with Crippen LogP contribution in [0.3, 0.4) is 0 Å². The summed E-state index contributed by atoms with van der Waals surface area (Å²) in [7, 11) is 1.52. The summed E-state index contributed by atoms with van der Waals surface area (Å²) in [6, 6.07) is 3.17. The van der Waals surface area contributed by atoms with Crippen molar-refractivity contribution in [1.29, 1.82) is 0 Å². The summed E-state index contributed by atoms with van der Waals surface area (Å²) in [5, 5.41) is 13.7. The fourth-order valence-electron chi connectivity index (χ4n) is 1.36. The second-order valence-corrected chi connectivity index (χ2v) is 3.81. The monoisotopic (exact) mass is 267 g/mol. The number of pyridine rings is 1. The predicted molar refractivity (Wildman–Crippen MR) is 67.9 cm³/mol. The van der Waals surface area contributed by atoms with Crippen LogP contribution in [0.15, 0.2) is 18.3 Å². The lowest BCUT2D eigenvalue weighted by atomic mass is 10.2. The zero-order valence-corrected chi connectivity index (χ0v) is 10.7. The van der Waals surface area contributed by atoms with Crippen LogP contribution in [-0.4, -0.2) is 35.7 Å². The number of nitrogens with zero attached hydrogens (tertiary/aromatic N) is 1. The number of aromatic nitrogens is 1. The van der Waals surface area contributed by atoms with Gasteiger partial charge in [-0.25, -0.2) is 9.78 Å². The molecule has 0 saturated carbocycles. The van der Waals surface area contributed by atoms with Crippen molar-refractivity contribution in [3.8, 4) is 5.88 Å². The Morgan fingerprint density at radius 3 is 2.89 bits per heavy atom. The van der Waals surface area contributed by atoms with E-state index in [2.05, 4.69) is 15.6 Å².